The van der Waals surface area contributed by atoms with Gasteiger partial charge in [-0.2, -0.15) is 0 Å². The minimum atomic E-state index is -0.928. The number of benzene rings is 1. The standard InChI is InChI=1S/C13H20FNO/c1-8(2)6-12(15)13(16)10-7-9(3)4-5-11(10)14/h4-5,7-8,12-13,16H,6,15H2,1-3H3. The Hall–Kier alpha value is -0.930. The van der Waals surface area contributed by atoms with Gasteiger partial charge in [-0.05, 0) is 25.3 Å². The average Bonchev–Trinajstić information content (AvgIpc) is 2.19. The fourth-order valence-electron chi connectivity index (χ4n) is 1.79. The number of hydrogen-bond donors (Lipinski definition) is 2. The van der Waals surface area contributed by atoms with E-state index in [0.717, 1.165) is 5.56 Å². The predicted octanol–water partition coefficient (Wildman–Crippen LogP) is 2.54. The maximum Gasteiger partial charge on any atom is 0.129 e. The third-order valence-corrected chi connectivity index (χ3v) is 2.62. The van der Waals surface area contributed by atoms with Crippen molar-refractivity contribution in [3.8, 4) is 0 Å². The second-order valence-corrected chi connectivity index (χ2v) is 4.76. The van der Waals surface area contributed by atoms with E-state index in [0.29, 0.717) is 17.9 Å². The lowest BCUT2D eigenvalue weighted by molar-refractivity contribution is 0.132. The van der Waals surface area contributed by atoms with E-state index in [1.54, 1.807) is 12.1 Å². The van der Waals surface area contributed by atoms with Gasteiger partial charge in [0.1, 0.15) is 5.82 Å². The molecule has 0 amide bonds. The summed E-state index contributed by atoms with van der Waals surface area (Å²) in [5.74, 6) is -0.00479. The molecule has 0 saturated carbocycles. The van der Waals surface area contributed by atoms with Gasteiger partial charge in [0.05, 0.1) is 6.10 Å². The number of hydrogen-bond acceptors (Lipinski definition) is 2. The van der Waals surface area contributed by atoms with E-state index in [2.05, 4.69) is 0 Å². The lowest BCUT2D eigenvalue weighted by Crippen LogP contribution is -2.30. The van der Waals surface area contributed by atoms with Crippen LogP contribution in [0.4, 0.5) is 4.39 Å². The first-order valence-electron chi connectivity index (χ1n) is 5.61. The molecule has 3 heteroatoms. The van der Waals surface area contributed by atoms with Gasteiger partial charge in [0.25, 0.3) is 0 Å². The average molecular weight is 225 g/mol. The van der Waals surface area contributed by atoms with E-state index in [-0.39, 0.29) is 0 Å². The van der Waals surface area contributed by atoms with Crippen molar-refractivity contribution in [2.24, 2.45) is 11.7 Å². The summed E-state index contributed by atoms with van der Waals surface area (Å²) in [7, 11) is 0. The van der Waals surface area contributed by atoms with Crippen molar-refractivity contribution in [1.82, 2.24) is 0 Å². The van der Waals surface area contributed by atoms with Gasteiger partial charge >= 0.3 is 0 Å². The van der Waals surface area contributed by atoms with Gasteiger partial charge in [-0.1, -0.05) is 31.5 Å². The summed E-state index contributed by atoms with van der Waals surface area (Å²) >= 11 is 0. The SMILES string of the molecule is Cc1ccc(F)c(C(O)C(N)CC(C)C)c1. The molecule has 1 aromatic rings. The third kappa shape index (κ3) is 3.29. The fourth-order valence-corrected chi connectivity index (χ4v) is 1.79. The highest BCUT2D eigenvalue weighted by atomic mass is 19.1. The van der Waals surface area contributed by atoms with E-state index in [9.17, 15) is 9.50 Å². The topological polar surface area (TPSA) is 46.2 Å². The zero-order valence-corrected chi connectivity index (χ0v) is 10.1. The fraction of sp³-hybridized carbons (Fsp3) is 0.538. The van der Waals surface area contributed by atoms with Gasteiger partial charge in [-0.15, -0.1) is 0 Å². The Morgan fingerprint density at radius 3 is 2.56 bits per heavy atom. The molecule has 0 heterocycles. The maximum absolute atomic E-state index is 13.5. The highest BCUT2D eigenvalue weighted by Crippen LogP contribution is 2.23. The molecule has 1 aromatic carbocycles. The van der Waals surface area contributed by atoms with Gasteiger partial charge in [-0.25, -0.2) is 4.39 Å². The molecule has 0 bridgehead atoms. The highest BCUT2D eigenvalue weighted by Gasteiger charge is 2.21. The van der Waals surface area contributed by atoms with Crippen LogP contribution >= 0.6 is 0 Å². The highest BCUT2D eigenvalue weighted by molar-refractivity contribution is 5.26. The normalized spacial score (nSPS) is 15.2. The molecule has 0 fully saturated rings. The Kier molecular flexibility index (Phi) is 4.44. The molecule has 0 spiro atoms. The van der Waals surface area contributed by atoms with Crippen LogP contribution in [0, 0.1) is 18.7 Å². The first-order valence-corrected chi connectivity index (χ1v) is 5.61. The largest absolute Gasteiger partial charge is 0.387 e. The molecule has 0 saturated heterocycles. The summed E-state index contributed by atoms with van der Waals surface area (Å²) in [4.78, 5) is 0. The monoisotopic (exact) mass is 225 g/mol. The molecule has 16 heavy (non-hydrogen) atoms. The molecule has 2 nitrogen and oxygen atoms in total. The van der Waals surface area contributed by atoms with E-state index in [1.807, 2.05) is 20.8 Å². The van der Waals surface area contributed by atoms with Crippen molar-refractivity contribution in [3.63, 3.8) is 0 Å². The maximum atomic E-state index is 13.5. The quantitative estimate of drug-likeness (QED) is 0.827. The number of aliphatic hydroxyl groups excluding tert-OH is 1. The predicted molar refractivity (Wildman–Crippen MR) is 63.5 cm³/mol. The summed E-state index contributed by atoms with van der Waals surface area (Å²) in [6, 6.07) is 4.28. The lowest BCUT2D eigenvalue weighted by atomic mass is 9.94. The van der Waals surface area contributed by atoms with Gasteiger partial charge in [-0.3, -0.25) is 0 Å². The first kappa shape index (κ1) is 13.1. The first-order chi connectivity index (χ1) is 7.41. The number of nitrogens with two attached hydrogens (primary N) is 1. The number of rotatable bonds is 4. The van der Waals surface area contributed by atoms with Crippen LogP contribution in [0.5, 0.6) is 0 Å². The third-order valence-electron chi connectivity index (χ3n) is 2.62. The van der Waals surface area contributed by atoms with Crippen LogP contribution in [0.15, 0.2) is 18.2 Å². The van der Waals surface area contributed by atoms with Crippen LogP contribution in [0.25, 0.3) is 0 Å². The van der Waals surface area contributed by atoms with Crippen molar-refractivity contribution < 1.29 is 9.50 Å². The van der Waals surface area contributed by atoms with E-state index in [4.69, 9.17) is 5.73 Å². The van der Waals surface area contributed by atoms with Crippen LogP contribution in [-0.4, -0.2) is 11.1 Å². The van der Waals surface area contributed by atoms with Crippen LogP contribution in [0.3, 0.4) is 0 Å². The Morgan fingerprint density at radius 1 is 1.38 bits per heavy atom. The van der Waals surface area contributed by atoms with Crippen molar-refractivity contribution in [2.45, 2.75) is 39.3 Å². The molecular weight excluding hydrogens is 205 g/mol. The molecule has 0 aliphatic heterocycles. The lowest BCUT2D eigenvalue weighted by Gasteiger charge is -2.21. The van der Waals surface area contributed by atoms with E-state index < -0.39 is 18.0 Å². The summed E-state index contributed by atoms with van der Waals surface area (Å²) in [6.45, 7) is 5.92. The van der Waals surface area contributed by atoms with Crippen LogP contribution in [0.2, 0.25) is 0 Å². The summed E-state index contributed by atoms with van der Waals surface area (Å²) in [6.07, 6.45) is -0.253. The summed E-state index contributed by atoms with van der Waals surface area (Å²) in [5, 5.41) is 9.98. The minimum absolute atomic E-state index is 0.299. The molecule has 0 aliphatic carbocycles. The Balaban J connectivity index is 2.86. The van der Waals surface area contributed by atoms with Gasteiger partial charge in [0.2, 0.25) is 0 Å². The second kappa shape index (κ2) is 5.41. The molecule has 0 aromatic heterocycles. The molecular formula is C13H20FNO. The number of aliphatic hydroxyl groups is 1. The molecule has 0 aliphatic rings. The second-order valence-electron chi connectivity index (χ2n) is 4.76. The Labute approximate surface area is 96.3 Å². The number of aryl methyl sites for hydroxylation is 1. The van der Waals surface area contributed by atoms with Crippen molar-refractivity contribution in [2.75, 3.05) is 0 Å². The van der Waals surface area contributed by atoms with Crippen LogP contribution < -0.4 is 5.73 Å². The molecule has 1 rings (SSSR count). The number of halogens is 1. The van der Waals surface area contributed by atoms with Gasteiger partial charge < -0.3 is 10.8 Å². The molecule has 2 atom stereocenters. The van der Waals surface area contributed by atoms with E-state index >= 15 is 0 Å². The molecule has 3 N–H and O–H groups in total. The Bertz CT molecular complexity index is 352. The molecule has 90 valence electrons. The zero-order valence-electron chi connectivity index (χ0n) is 10.1. The van der Waals surface area contributed by atoms with Crippen molar-refractivity contribution >= 4 is 0 Å². The summed E-state index contributed by atoms with van der Waals surface area (Å²) < 4.78 is 13.5. The smallest absolute Gasteiger partial charge is 0.129 e. The minimum Gasteiger partial charge on any atom is -0.387 e. The van der Waals surface area contributed by atoms with Gasteiger partial charge in [0, 0.05) is 11.6 Å². The van der Waals surface area contributed by atoms with Gasteiger partial charge in [0.15, 0.2) is 0 Å². The summed E-state index contributed by atoms with van der Waals surface area (Å²) in [5.41, 5.74) is 7.08. The van der Waals surface area contributed by atoms with E-state index in [1.165, 1.54) is 6.07 Å². The van der Waals surface area contributed by atoms with Crippen LogP contribution in [-0.2, 0) is 0 Å². The van der Waals surface area contributed by atoms with Crippen LogP contribution in [0.1, 0.15) is 37.5 Å². The molecule has 2 unspecified atom stereocenters. The zero-order chi connectivity index (χ0) is 12.3. The molecule has 0 radical (unpaired) electrons. The van der Waals surface area contributed by atoms with Crippen molar-refractivity contribution in [3.05, 3.63) is 35.1 Å². The Morgan fingerprint density at radius 2 is 2.00 bits per heavy atom. The van der Waals surface area contributed by atoms with Crippen molar-refractivity contribution in [1.29, 1.82) is 0 Å².